The summed E-state index contributed by atoms with van der Waals surface area (Å²) < 4.78 is 0. The van der Waals surface area contributed by atoms with Gasteiger partial charge in [-0.05, 0) is 42.7 Å². The van der Waals surface area contributed by atoms with Gasteiger partial charge in [-0.15, -0.1) is 12.6 Å². The number of allylic oxidation sites excluding steroid dienone is 5. The van der Waals surface area contributed by atoms with E-state index in [1.54, 1.807) is 6.08 Å². The molecule has 0 radical (unpaired) electrons. The van der Waals surface area contributed by atoms with Gasteiger partial charge in [-0.25, -0.2) is 0 Å². The SMILES string of the molecule is O=C(/C=C/C1=CC=CCC1)Nc1ccc(S)cc1. The summed E-state index contributed by atoms with van der Waals surface area (Å²) in [6, 6.07) is 7.35. The maximum Gasteiger partial charge on any atom is 0.248 e. The van der Waals surface area contributed by atoms with Gasteiger partial charge in [0.1, 0.15) is 0 Å². The summed E-state index contributed by atoms with van der Waals surface area (Å²) in [6.45, 7) is 0. The smallest absolute Gasteiger partial charge is 0.248 e. The van der Waals surface area contributed by atoms with Crippen molar-refractivity contribution in [3.63, 3.8) is 0 Å². The van der Waals surface area contributed by atoms with E-state index in [0.717, 1.165) is 23.4 Å². The number of thiol groups is 1. The van der Waals surface area contributed by atoms with Crippen LogP contribution in [0.25, 0.3) is 0 Å². The minimum Gasteiger partial charge on any atom is -0.323 e. The summed E-state index contributed by atoms with van der Waals surface area (Å²) in [5.41, 5.74) is 1.96. The second-order valence-corrected chi connectivity index (χ2v) is 4.59. The van der Waals surface area contributed by atoms with Gasteiger partial charge in [0, 0.05) is 16.7 Å². The Labute approximate surface area is 113 Å². The molecule has 1 aliphatic carbocycles. The monoisotopic (exact) mass is 257 g/mol. The molecule has 92 valence electrons. The largest absolute Gasteiger partial charge is 0.323 e. The van der Waals surface area contributed by atoms with Crippen LogP contribution in [0, 0.1) is 0 Å². The minimum atomic E-state index is -0.114. The van der Waals surface area contributed by atoms with Gasteiger partial charge in [0.05, 0.1) is 0 Å². The Morgan fingerprint density at radius 2 is 2.06 bits per heavy atom. The van der Waals surface area contributed by atoms with Crippen LogP contribution < -0.4 is 5.32 Å². The quantitative estimate of drug-likeness (QED) is 0.626. The number of rotatable bonds is 3. The summed E-state index contributed by atoms with van der Waals surface area (Å²) in [7, 11) is 0. The van der Waals surface area contributed by atoms with Gasteiger partial charge in [-0.2, -0.15) is 0 Å². The molecule has 0 aromatic heterocycles. The molecular weight excluding hydrogens is 242 g/mol. The molecule has 0 bridgehead atoms. The van der Waals surface area contributed by atoms with Crippen molar-refractivity contribution in [1.29, 1.82) is 0 Å². The molecule has 0 heterocycles. The molecule has 2 rings (SSSR count). The average Bonchev–Trinajstić information content (AvgIpc) is 2.40. The first-order valence-electron chi connectivity index (χ1n) is 5.88. The molecule has 2 nitrogen and oxygen atoms in total. The number of carbonyl (C=O) groups is 1. The standard InChI is InChI=1S/C15H15NOS/c17-15(11-6-12-4-2-1-3-5-12)16-13-7-9-14(18)10-8-13/h1-2,4,6-11,18H,3,5H2,(H,16,17)/b11-6+. The molecule has 0 aliphatic heterocycles. The number of anilines is 1. The van der Waals surface area contributed by atoms with E-state index in [4.69, 9.17) is 0 Å². The summed E-state index contributed by atoms with van der Waals surface area (Å²) in [6.07, 6.45) is 11.6. The zero-order chi connectivity index (χ0) is 12.8. The van der Waals surface area contributed by atoms with Crippen molar-refractivity contribution in [2.45, 2.75) is 17.7 Å². The molecule has 1 aromatic carbocycles. The predicted octanol–water partition coefficient (Wildman–Crippen LogP) is 3.75. The van der Waals surface area contributed by atoms with Crippen molar-refractivity contribution in [1.82, 2.24) is 0 Å². The van der Waals surface area contributed by atoms with E-state index in [9.17, 15) is 4.79 Å². The highest BCUT2D eigenvalue weighted by Crippen LogP contribution is 2.14. The molecule has 3 heteroatoms. The first-order valence-corrected chi connectivity index (χ1v) is 6.32. The Morgan fingerprint density at radius 1 is 1.28 bits per heavy atom. The van der Waals surface area contributed by atoms with Crippen LogP contribution in [-0.2, 0) is 4.79 Å². The molecule has 0 unspecified atom stereocenters. The van der Waals surface area contributed by atoms with Crippen LogP contribution in [0.2, 0.25) is 0 Å². The molecule has 0 saturated heterocycles. The van der Waals surface area contributed by atoms with Crippen molar-refractivity contribution in [3.05, 3.63) is 60.2 Å². The number of carbonyl (C=O) groups excluding carboxylic acids is 1. The van der Waals surface area contributed by atoms with Gasteiger partial charge in [-0.1, -0.05) is 24.3 Å². The lowest BCUT2D eigenvalue weighted by atomic mass is 10.0. The van der Waals surface area contributed by atoms with Gasteiger partial charge in [-0.3, -0.25) is 4.79 Å². The summed E-state index contributed by atoms with van der Waals surface area (Å²) in [5.74, 6) is -0.114. The summed E-state index contributed by atoms with van der Waals surface area (Å²) in [5, 5.41) is 2.80. The normalized spacial score (nSPS) is 14.6. The van der Waals surface area contributed by atoms with Gasteiger partial charge >= 0.3 is 0 Å². The van der Waals surface area contributed by atoms with Crippen molar-refractivity contribution in [2.75, 3.05) is 5.32 Å². The lowest BCUT2D eigenvalue weighted by Gasteiger charge is -2.04. The van der Waals surface area contributed by atoms with Gasteiger partial charge < -0.3 is 5.32 Å². The zero-order valence-electron chi connectivity index (χ0n) is 9.97. The van der Waals surface area contributed by atoms with Crippen LogP contribution >= 0.6 is 12.6 Å². The summed E-state index contributed by atoms with van der Waals surface area (Å²) in [4.78, 5) is 12.6. The Hall–Kier alpha value is -1.74. The maximum atomic E-state index is 11.7. The van der Waals surface area contributed by atoms with Crippen molar-refractivity contribution >= 4 is 24.2 Å². The highest BCUT2D eigenvalue weighted by atomic mass is 32.1. The van der Waals surface area contributed by atoms with Crippen LogP contribution in [0.4, 0.5) is 5.69 Å². The van der Waals surface area contributed by atoms with Crippen LogP contribution in [0.15, 0.2) is 65.1 Å². The molecule has 0 saturated carbocycles. The first-order chi connectivity index (χ1) is 8.74. The third-order valence-electron chi connectivity index (χ3n) is 2.63. The second kappa shape index (κ2) is 6.26. The van der Waals surface area contributed by atoms with Crippen LogP contribution in [0.5, 0.6) is 0 Å². The molecule has 18 heavy (non-hydrogen) atoms. The van der Waals surface area contributed by atoms with Crippen molar-refractivity contribution < 1.29 is 4.79 Å². The Balaban J connectivity index is 1.92. The first kappa shape index (κ1) is 12.7. The number of amides is 1. The molecule has 0 atom stereocenters. The second-order valence-electron chi connectivity index (χ2n) is 4.08. The van der Waals surface area contributed by atoms with Crippen LogP contribution in [0.3, 0.4) is 0 Å². The Morgan fingerprint density at radius 3 is 2.72 bits per heavy atom. The molecular formula is C15H15NOS. The van der Waals surface area contributed by atoms with E-state index in [1.807, 2.05) is 42.5 Å². The number of hydrogen-bond acceptors (Lipinski definition) is 2. The number of hydrogen-bond donors (Lipinski definition) is 2. The highest BCUT2D eigenvalue weighted by Gasteiger charge is 1.99. The fraction of sp³-hybridized carbons (Fsp3) is 0.133. The van der Waals surface area contributed by atoms with E-state index < -0.39 is 0 Å². The van der Waals surface area contributed by atoms with Gasteiger partial charge in [0.2, 0.25) is 5.91 Å². The third kappa shape index (κ3) is 3.93. The van der Waals surface area contributed by atoms with Gasteiger partial charge in [0.25, 0.3) is 0 Å². The Kier molecular flexibility index (Phi) is 4.42. The predicted molar refractivity (Wildman–Crippen MR) is 77.9 cm³/mol. The molecule has 1 aromatic rings. The minimum absolute atomic E-state index is 0.114. The van der Waals surface area contributed by atoms with E-state index in [1.165, 1.54) is 5.57 Å². The van der Waals surface area contributed by atoms with Crippen LogP contribution in [-0.4, -0.2) is 5.91 Å². The topological polar surface area (TPSA) is 29.1 Å². The lowest BCUT2D eigenvalue weighted by molar-refractivity contribution is -0.111. The molecule has 0 spiro atoms. The molecule has 1 amide bonds. The fourth-order valence-corrected chi connectivity index (χ4v) is 1.82. The Bertz CT molecular complexity index is 512. The van der Waals surface area contributed by atoms with E-state index >= 15 is 0 Å². The number of nitrogens with one attached hydrogen (secondary N) is 1. The van der Waals surface area contributed by atoms with Gasteiger partial charge in [0.15, 0.2) is 0 Å². The van der Waals surface area contributed by atoms with Crippen molar-refractivity contribution in [3.8, 4) is 0 Å². The molecule has 1 N–H and O–H groups in total. The lowest BCUT2D eigenvalue weighted by Crippen LogP contribution is -2.07. The molecule has 0 fully saturated rings. The average molecular weight is 257 g/mol. The fourth-order valence-electron chi connectivity index (χ4n) is 1.67. The number of benzene rings is 1. The van der Waals surface area contributed by atoms with Crippen molar-refractivity contribution in [2.24, 2.45) is 0 Å². The van der Waals surface area contributed by atoms with E-state index in [0.29, 0.717) is 0 Å². The van der Waals surface area contributed by atoms with E-state index in [2.05, 4.69) is 24.0 Å². The third-order valence-corrected chi connectivity index (χ3v) is 2.93. The maximum absolute atomic E-state index is 11.7. The van der Waals surface area contributed by atoms with Crippen LogP contribution in [0.1, 0.15) is 12.8 Å². The zero-order valence-corrected chi connectivity index (χ0v) is 10.9. The van der Waals surface area contributed by atoms with E-state index in [-0.39, 0.29) is 5.91 Å². The summed E-state index contributed by atoms with van der Waals surface area (Å²) >= 11 is 4.19. The highest BCUT2D eigenvalue weighted by molar-refractivity contribution is 7.80. The molecule has 1 aliphatic rings.